The Morgan fingerprint density at radius 2 is 1.95 bits per heavy atom. The minimum Gasteiger partial charge on any atom is -0.325 e. The molecule has 0 saturated carbocycles. The summed E-state index contributed by atoms with van der Waals surface area (Å²) in [6.07, 6.45) is 0. The van der Waals surface area contributed by atoms with Gasteiger partial charge in [0.05, 0.1) is 6.54 Å². The Bertz CT molecular complexity index is 511. The first-order chi connectivity index (χ1) is 9.61. The second kappa shape index (κ2) is 5.46. The number of hydrogen-bond acceptors (Lipinski definition) is 3. The Morgan fingerprint density at radius 3 is 2.60 bits per heavy atom. The van der Waals surface area contributed by atoms with E-state index < -0.39 is 11.6 Å². The van der Waals surface area contributed by atoms with Crippen molar-refractivity contribution in [1.29, 1.82) is 0 Å². The Hall–Kier alpha value is -1.53. The van der Waals surface area contributed by atoms with E-state index in [1.165, 1.54) is 6.07 Å². The summed E-state index contributed by atoms with van der Waals surface area (Å²) in [5.74, 6) is -0.798. The van der Waals surface area contributed by atoms with Crippen LogP contribution >= 0.6 is 0 Å². The van der Waals surface area contributed by atoms with Crippen LogP contribution in [-0.2, 0) is 4.79 Å². The van der Waals surface area contributed by atoms with Crippen LogP contribution < -0.4 is 10.6 Å². The summed E-state index contributed by atoms with van der Waals surface area (Å²) in [6, 6.07) is 3.37. The second-order valence-electron chi connectivity index (χ2n) is 5.55. The van der Waals surface area contributed by atoms with E-state index >= 15 is 0 Å². The molecule has 0 spiro atoms. The lowest BCUT2D eigenvalue weighted by atomic mass is 10.0. The molecule has 2 atom stereocenters. The molecule has 20 heavy (non-hydrogen) atoms. The molecule has 1 amide bonds. The fourth-order valence-corrected chi connectivity index (χ4v) is 3.06. The molecular weight excluding hydrogens is 264 g/mol. The zero-order chi connectivity index (χ0) is 14.1. The van der Waals surface area contributed by atoms with Crippen LogP contribution in [0.5, 0.6) is 0 Å². The number of fused-ring (bicyclic) bond motifs is 1. The van der Waals surface area contributed by atoms with Gasteiger partial charge in [-0.15, -0.1) is 0 Å². The molecule has 1 aromatic carbocycles. The van der Waals surface area contributed by atoms with Crippen molar-refractivity contribution in [3.05, 3.63) is 29.8 Å². The van der Waals surface area contributed by atoms with Gasteiger partial charge in [-0.3, -0.25) is 9.69 Å². The molecule has 2 fully saturated rings. The zero-order valence-electron chi connectivity index (χ0n) is 11.0. The molecule has 2 unspecified atom stereocenters. The van der Waals surface area contributed by atoms with Gasteiger partial charge < -0.3 is 10.6 Å². The molecule has 2 N–H and O–H groups in total. The van der Waals surface area contributed by atoms with Crippen LogP contribution in [0.2, 0.25) is 0 Å². The summed E-state index contributed by atoms with van der Waals surface area (Å²) in [5.41, 5.74) is 0.287. The number of halogens is 2. The van der Waals surface area contributed by atoms with Crippen LogP contribution in [0.25, 0.3) is 0 Å². The summed E-state index contributed by atoms with van der Waals surface area (Å²) >= 11 is 0. The van der Waals surface area contributed by atoms with Crippen molar-refractivity contribution in [2.75, 3.05) is 38.0 Å². The van der Waals surface area contributed by atoms with Crippen LogP contribution in [0.1, 0.15) is 0 Å². The lowest BCUT2D eigenvalue weighted by molar-refractivity contribution is -0.117. The Morgan fingerprint density at radius 1 is 1.25 bits per heavy atom. The third-order valence-corrected chi connectivity index (χ3v) is 4.04. The van der Waals surface area contributed by atoms with E-state index in [-0.39, 0.29) is 11.6 Å². The van der Waals surface area contributed by atoms with Gasteiger partial charge in [0.2, 0.25) is 5.91 Å². The number of nitrogens with zero attached hydrogens (tertiary/aromatic N) is 1. The van der Waals surface area contributed by atoms with Gasteiger partial charge in [-0.25, -0.2) is 8.78 Å². The van der Waals surface area contributed by atoms with Gasteiger partial charge in [0.25, 0.3) is 0 Å². The van der Waals surface area contributed by atoms with Gasteiger partial charge >= 0.3 is 0 Å². The number of hydrogen-bond donors (Lipinski definition) is 2. The summed E-state index contributed by atoms with van der Waals surface area (Å²) in [4.78, 5) is 14.0. The van der Waals surface area contributed by atoms with E-state index in [1.807, 2.05) is 0 Å². The minimum atomic E-state index is -0.954. The van der Waals surface area contributed by atoms with Gasteiger partial charge in [-0.05, 0) is 37.1 Å². The van der Waals surface area contributed by atoms with E-state index in [0.29, 0.717) is 18.4 Å². The molecule has 0 aromatic heterocycles. The molecule has 3 rings (SSSR count). The Kier molecular flexibility index (Phi) is 3.67. The number of carbonyl (C=O) groups excluding carboxylic acids is 1. The third kappa shape index (κ3) is 2.81. The highest BCUT2D eigenvalue weighted by Gasteiger charge is 2.36. The highest BCUT2D eigenvalue weighted by atomic mass is 19.2. The molecule has 6 heteroatoms. The number of anilines is 1. The molecule has 0 bridgehead atoms. The fourth-order valence-electron chi connectivity index (χ4n) is 3.06. The van der Waals surface area contributed by atoms with Crippen molar-refractivity contribution in [3.63, 3.8) is 0 Å². The standard InChI is InChI=1S/C14H17F2N3O/c15-12-2-1-11(3-13(12)16)18-14(20)8-19-6-9-4-17-5-10(9)7-19/h1-3,9-10,17H,4-8H2,(H,18,20). The normalized spacial score (nSPS) is 25.7. The van der Waals surface area contributed by atoms with Crippen molar-refractivity contribution in [2.45, 2.75) is 0 Å². The molecule has 108 valence electrons. The predicted molar refractivity (Wildman–Crippen MR) is 71.3 cm³/mol. The molecule has 0 radical (unpaired) electrons. The van der Waals surface area contributed by atoms with E-state index in [1.54, 1.807) is 0 Å². The highest BCUT2D eigenvalue weighted by Crippen LogP contribution is 2.25. The Labute approximate surface area is 116 Å². The number of rotatable bonds is 3. The molecule has 4 nitrogen and oxygen atoms in total. The summed E-state index contributed by atoms with van der Waals surface area (Å²) in [7, 11) is 0. The van der Waals surface area contributed by atoms with Gasteiger partial charge in [0.1, 0.15) is 0 Å². The number of amides is 1. The number of nitrogens with one attached hydrogen (secondary N) is 2. The van der Waals surface area contributed by atoms with Crippen molar-refractivity contribution in [3.8, 4) is 0 Å². The molecule has 1 aromatic rings. The number of likely N-dealkylation sites (tertiary alicyclic amines) is 1. The molecule has 0 aliphatic carbocycles. The number of benzene rings is 1. The number of carbonyl (C=O) groups is 1. The summed E-state index contributed by atoms with van der Waals surface area (Å²) in [5, 5.41) is 5.94. The summed E-state index contributed by atoms with van der Waals surface area (Å²) in [6.45, 7) is 4.18. The van der Waals surface area contributed by atoms with E-state index in [9.17, 15) is 13.6 Å². The molecular formula is C14H17F2N3O. The maximum absolute atomic E-state index is 13.0. The Balaban J connectivity index is 1.53. The largest absolute Gasteiger partial charge is 0.325 e. The topological polar surface area (TPSA) is 44.4 Å². The zero-order valence-corrected chi connectivity index (χ0v) is 11.0. The monoisotopic (exact) mass is 281 g/mol. The minimum absolute atomic E-state index is 0.191. The molecule has 2 heterocycles. The van der Waals surface area contributed by atoms with Crippen molar-refractivity contribution in [2.24, 2.45) is 11.8 Å². The molecule has 2 saturated heterocycles. The third-order valence-electron chi connectivity index (χ3n) is 4.04. The predicted octanol–water partition coefficient (Wildman–Crippen LogP) is 1.05. The van der Waals surface area contributed by atoms with Crippen molar-refractivity contribution < 1.29 is 13.6 Å². The van der Waals surface area contributed by atoms with Crippen molar-refractivity contribution >= 4 is 11.6 Å². The van der Waals surface area contributed by atoms with Crippen LogP contribution in [0, 0.1) is 23.5 Å². The SMILES string of the molecule is O=C(CN1CC2CNCC2C1)Nc1ccc(F)c(F)c1. The van der Waals surface area contributed by atoms with Gasteiger partial charge in [-0.1, -0.05) is 0 Å². The lowest BCUT2D eigenvalue weighted by Gasteiger charge is -2.16. The van der Waals surface area contributed by atoms with E-state index in [4.69, 9.17) is 0 Å². The fraction of sp³-hybridized carbons (Fsp3) is 0.500. The van der Waals surface area contributed by atoms with Gasteiger partial charge in [0.15, 0.2) is 11.6 Å². The average molecular weight is 281 g/mol. The second-order valence-corrected chi connectivity index (χ2v) is 5.55. The van der Waals surface area contributed by atoms with E-state index in [0.717, 1.165) is 38.3 Å². The smallest absolute Gasteiger partial charge is 0.238 e. The first-order valence-corrected chi connectivity index (χ1v) is 6.80. The first kappa shape index (κ1) is 13.5. The summed E-state index contributed by atoms with van der Waals surface area (Å²) < 4.78 is 25.8. The van der Waals surface area contributed by atoms with Crippen LogP contribution in [-0.4, -0.2) is 43.5 Å². The van der Waals surface area contributed by atoms with Gasteiger partial charge in [-0.2, -0.15) is 0 Å². The lowest BCUT2D eigenvalue weighted by Crippen LogP contribution is -2.33. The first-order valence-electron chi connectivity index (χ1n) is 6.80. The average Bonchev–Trinajstić information content (AvgIpc) is 2.94. The molecule has 2 aliphatic rings. The van der Waals surface area contributed by atoms with Crippen LogP contribution in [0.15, 0.2) is 18.2 Å². The quantitative estimate of drug-likeness (QED) is 0.870. The van der Waals surface area contributed by atoms with Crippen molar-refractivity contribution in [1.82, 2.24) is 10.2 Å². The maximum atomic E-state index is 13.0. The van der Waals surface area contributed by atoms with Crippen LogP contribution in [0.4, 0.5) is 14.5 Å². The highest BCUT2D eigenvalue weighted by molar-refractivity contribution is 5.92. The van der Waals surface area contributed by atoms with Crippen LogP contribution in [0.3, 0.4) is 0 Å². The van der Waals surface area contributed by atoms with E-state index in [2.05, 4.69) is 15.5 Å². The van der Waals surface area contributed by atoms with Gasteiger partial charge in [0, 0.05) is 24.8 Å². The maximum Gasteiger partial charge on any atom is 0.238 e. The molecule has 2 aliphatic heterocycles.